The van der Waals surface area contributed by atoms with Crippen molar-refractivity contribution in [3.05, 3.63) is 48.0 Å². The molecule has 1 amide bonds. The highest BCUT2D eigenvalue weighted by atomic mass is 35.5. The maximum atomic E-state index is 11.5. The van der Waals surface area contributed by atoms with E-state index in [1.165, 1.54) is 5.56 Å². The zero-order valence-electron chi connectivity index (χ0n) is 9.45. The predicted molar refractivity (Wildman–Crippen MR) is 67.5 cm³/mol. The van der Waals surface area contributed by atoms with Gasteiger partial charge in [-0.3, -0.25) is 4.79 Å². The van der Waals surface area contributed by atoms with Gasteiger partial charge < -0.3 is 4.90 Å². The molecule has 0 spiro atoms. The topological polar surface area (TPSA) is 20.3 Å². The molecular formula is C13H16ClNO. The summed E-state index contributed by atoms with van der Waals surface area (Å²) in [5.41, 5.74) is 2.31. The molecular weight excluding hydrogens is 222 g/mol. The molecule has 2 nitrogen and oxygen atoms in total. The van der Waals surface area contributed by atoms with Crippen LogP contribution in [0.25, 0.3) is 0 Å². The molecule has 86 valence electrons. The van der Waals surface area contributed by atoms with E-state index in [-0.39, 0.29) is 11.8 Å². The Morgan fingerprint density at radius 3 is 2.56 bits per heavy atom. The third-order valence-corrected chi connectivity index (χ3v) is 2.54. The summed E-state index contributed by atoms with van der Waals surface area (Å²) in [7, 11) is 0. The normalized spacial score (nSPS) is 9.88. The molecule has 0 heterocycles. The fourth-order valence-corrected chi connectivity index (χ4v) is 1.58. The zero-order chi connectivity index (χ0) is 12.0. The third-order valence-electron chi connectivity index (χ3n) is 2.31. The molecule has 0 aromatic heterocycles. The summed E-state index contributed by atoms with van der Waals surface area (Å²) < 4.78 is 0. The van der Waals surface area contributed by atoms with Crippen LogP contribution in [0.2, 0.25) is 0 Å². The van der Waals surface area contributed by atoms with Gasteiger partial charge in [0, 0.05) is 13.1 Å². The number of rotatable bonds is 5. The molecule has 0 aliphatic rings. The molecule has 0 bridgehead atoms. The molecule has 0 saturated carbocycles. The number of benzene rings is 1. The van der Waals surface area contributed by atoms with E-state index >= 15 is 0 Å². The molecule has 0 N–H and O–H groups in total. The lowest BCUT2D eigenvalue weighted by Gasteiger charge is -2.20. The van der Waals surface area contributed by atoms with E-state index in [1.807, 2.05) is 31.2 Å². The Morgan fingerprint density at radius 2 is 2.06 bits per heavy atom. The summed E-state index contributed by atoms with van der Waals surface area (Å²) in [6, 6.07) is 8.11. The minimum absolute atomic E-state index is 0.0136. The van der Waals surface area contributed by atoms with Gasteiger partial charge in [-0.2, -0.15) is 0 Å². The third kappa shape index (κ3) is 3.70. The van der Waals surface area contributed by atoms with E-state index in [9.17, 15) is 4.79 Å². The maximum Gasteiger partial charge on any atom is 0.238 e. The fourth-order valence-electron chi connectivity index (χ4n) is 1.41. The summed E-state index contributed by atoms with van der Waals surface area (Å²) in [6.07, 6.45) is 1.71. The summed E-state index contributed by atoms with van der Waals surface area (Å²) in [6.45, 7) is 6.78. The number of nitrogens with zero attached hydrogens (tertiary/aromatic N) is 1. The van der Waals surface area contributed by atoms with Gasteiger partial charge in [-0.25, -0.2) is 0 Å². The molecule has 0 unspecified atom stereocenters. The van der Waals surface area contributed by atoms with Gasteiger partial charge in [0.15, 0.2) is 0 Å². The first-order valence-electron chi connectivity index (χ1n) is 5.17. The highest BCUT2D eigenvalue weighted by molar-refractivity contribution is 6.27. The first kappa shape index (κ1) is 12.8. The van der Waals surface area contributed by atoms with Gasteiger partial charge in [-0.05, 0) is 12.5 Å². The summed E-state index contributed by atoms with van der Waals surface area (Å²) in [5.74, 6) is -0.0539. The molecule has 1 aromatic carbocycles. The van der Waals surface area contributed by atoms with Crippen LogP contribution in [0.3, 0.4) is 0 Å². The Labute approximate surface area is 102 Å². The summed E-state index contributed by atoms with van der Waals surface area (Å²) in [4.78, 5) is 13.2. The first-order valence-corrected chi connectivity index (χ1v) is 5.71. The number of aryl methyl sites for hydroxylation is 1. The van der Waals surface area contributed by atoms with Crippen molar-refractivity contribution in [2.24, 2.45) is 0 Å². The lowest BCUT2D eigenvalue weighted by Crippen LogP contribution is -2.31. The quantitative estimate of drug-likeness (QED) is 0.570. The van der Waals surface area contributed by atoms with E-state index in [0.717, 1.165) is 5.56 Å². The Morgan fingerprint density at radius 1 is 1.44 bits per heavy atom. The number of halogens is 1. The van der Waals surface area contributed by atoms with Crippen molar-refractivity contribution in [2.75, 3.05) is 12.4 Å². The number of hydrogen-bond donors (Lipinski definition) is 0. The number of alkyl halides is 1. The Hall–Kier alpha value is -1.28. The number of carbonyl (C=O) groups is 1. The molecule has 0 aliphatic carbocycles. The molecule has 0 aliphatic heterocycles. The molecule has 16 heavy (non-hydrogen) atoms. The second-order valence-electron chi connectivity index (χ2n) is 3.68. The molecule has 1 aromatic rings. The second kappa shape index (κ2) is 6.33. The molecule has 0 saturated heterocycles. The lowest BCUT2D eigenvalue weighted by molar-refractivity contribution is -0.128. The van der Waals surface area contributed by atoms with Crippen LogP contribution in [-0.4, -0.2) is 23.2 Å². The van der Waals surface area contributed by atoms with Crippen molar-refractivity contribution >= 4 is 17.5 Å². The highest BCUT2D eigenvalue weighted by Crippen LogP contribution is 2.07. The molecule has 0 radical (unpaired) electrons. The van der Waals surface area contributed by atoms with Crippen molar-refractivity contribution < 1.29 is 4.79 Å². The van der Waals surface area contributed by atoms with Crippen molar-refractivity contribution in [3.8, 4) is 0 Å². The molecule has 3 heteroatoms. The largest absolute Gasteiger partial charge is 0.334 e. The van der Waals surface area contributed by atoms with Gasteiger partial charge in [0.05, 0.1) is 0 Å². The minimum atomic E-state index is -0.0675. The predicted octanol–water partition coefficient (Wildman–Crippen LogP) is 2.75. The van der Waals surface area contributed by atoms with Crippen LogP contribution in [0.5, 0.6) is 0 Å². The Bertz CT molecular complexity index is 359. The van der Waals surface area contributed by atoms with E-state index in [2.05, 4.69) is 6.58 Å². The number of hydrogen-bond acceptors (Lipinski definition) is 1. The second-order valence-corrected chi connectivity index (χ2v) is 3.95. The van der Waals surface area contributed by atoms with Gasteiger partial charge in [0.1, 0.15) is 5.88 Å². The van der Waals surface area contributed by atoms with Crippen LogP contribution < -0.4 is 0 Å². The highest BCUT2D eigenvalue weighted by Gasteiger charge is 2.10. The molecule has 1 rings (SSSR count). The number of carbonyl (C=O) groups excluding carboxylic acids is 1. The van der Waals surface area contributed by atoms with Crippen LogP contribution in [0.4, 0.5) is 0 Å². The zero-order valence-corrected chi connectivity index (χ0v) is 10.2. The standard InChI is InChI=1S/C13H16ClNO/c1-3-8-15(13(16)9-14)10-12-6-4-11(2)5-7-12/h3-7H,1,8-10H2,2H3. The van der Waals surface area contributed by atoms with Crippen LogP contribution in [0, 0.1) is 6.92 Å². The average Bonchev–Trinajstić information content (AvgIpc) is 2.30. The fraction of sp³-hybridized carbons (Fsp3) is 0.308. The Balaban J connectivity index is 2.71. The first-order chi connectivity index (χ1) is 7.67. The van der Waals surface area contributed by atoms with E-state index < -0.39 is 0 Å². The van der Waals surface area contributed by atoms with Crippen molar-refractivity contribution in [3.63, 3.8) is 0 Å². The summed E-state index contributed by atoms with van der Waals surface area (Å²) in [5, 5.41) is 0. The summed E-state index contributed by atoms with van der Waals surface area (Å²) >= 11 is 5.55. The monoisotopic (exact) mass is 237 g/mol. The van der Waals surface area contributed by atoms with E-state index in [0.29, 0.717) is 13.1 Å². The van der Waals surface area contributed by atoms with Crippen LogP contribution in [0.15, 0.2) is 36.9 Å². The van der Waals surface area contributed by atoms with Gasteiger partial charge in [0.2, 0.25) is 5.91 Å². The smallest absolute Gasteiger partial charge is 0.238 e. The van der Waals surface area contributed by atoms with Crippen molar-refractivity contribution in [2.45, 2.75) is 13.5 Å². The SMILES string of the molecule is C=CCN(Cc1ccc(C)cc1)C(=O)CCl. The minimum Gasteiger partial charge on any atom is -0.334 e. The van der Waals surface area contributed by atoms with Gasteiger partial charge >= 0.3 is 0 Å². The van der Waals surface area contributed by atoms with Gasteiger partial charge in [-0.1, -0.05) is 35.9 Å². The van der Waals surface area contributed by atoms with Crippen molar-refractivity contribution in [1.29, 1.82) is 0 Å². The number of amides is 1. The van der Waals surface area contributed by atoms with Crippen LogP contribution >= 0.6 is 11.6 Å². The van der Waals surface area contributed by atoms with Crippen LogP contribution in [0.1, 0.15) is 11.1 Å². The Kier molecular flexibility index (Phi) is 5.06. The van der Waals surface area contributed by atoms with E-state index in [4.69, 9.17) is 11.6 Å². The van der Waals surface area contributed by atoms with Gasteiger partial charge in [0.25, 0.3) is 0 Å². The molecule has 0 fully saturated rings. The average molecular weight is 238 g/mol. The lowest BCUT2D eigenvalue weighted by atomic mass is 10.1. The van der Waals surface area contributed by atoms with Crippen molar-refractivity contribution in [1.82, 2.24) is 4.90 Å². The van der Waals surface area contributed by atoms with E-state index in [1.54, 1.807) is 11.0 Å². The maximum absolute atomic E-state index is 11.5. The van der Waals surface area contributed by atoms with Gasteiger partial charge in [-0.15, -0.1) is 18.2 Å². The van der Waals surface area contributed by atoms with Crippen LogP contribution in [-0.2, 0) is 11.3 Å². The molecule has 0 atom stereocenters.